The van der Waals surface area contributed by atoms with Crippen LogP contribution in [-0.2, 0) is 0 Å². The lowest BCUT2D eigenvalue weighted by Crippen LogP contribution is -2.59. The smallest absolute Gasteiger partial charge is 0.0221 e. The summed E-state index contributed by atoms with van der Waals surface area (Å²) in [4.78, 5) is 2.81. The first-order valence-electron chi connectivity index (χ1n) is 8.11. The fraction of sp³-hybridized carbons (Fsp3) is 1.00. The molecule has 0 amide bonds. The Morgan fingerprint density at radius 2 is 1.94 bits per heavy atom. The standard InChI is InChI=1S/C16H34N2/c1-6-9-15(7-2)18-12-14(10-13(4)5)17-11-16(18)8-3/h13-17H,6-12H2,1-5H3. The lowest BCUT2D eigenvalue weighted by atomic mass is 9.95. The number of nitrogens with zero attached hydrogens (tertiary/aromatic N) is 1. The zero-order valence-corrected chi connectivity index (χ0v) is 13.2. The first-order valence-corrected chi connectivity index (χ1v) is 8.11. The van der Waals surface area contributed by atoms with Gasteiger partial charge in [-0.25, -0.2) is 0 Å². The van der Waals surface area contributed by atoms with Gasteiger partial charge in [0.05, 0.1) is 0 Å². The molecule has 0 radical (unpaired) electrons. The second-order valence-electron chi connectivity index (χ2n) is 6.34. The second-order valence-corrected chi connectivity index (χ2v) is 6.34. The van der Waals surface area contributed by atoms with Crippen LogP contribution in [0, 0.1) is 5.92 Å². The molecule has 18 heavy (non-hydrogen) atoms. The van der Waals surface area contributed by atoms with Crippen molar-refractivity contribution in [2.45, 2.75) is 84.8 Å². The molecule has 0 aromatic rings. The zero-order chi connectivity index (χ0) is 13.5. The van der Waals surface area contributed by atoms with Gasteiger partial charge >= 0.3 is 0 Å². The predicted octanol–water partition coefficient (Wildman–Crippen LogP) is 3.66. The van der Waals surface area contributed by atoms with E-state index in [0.29, 0.717) is 6.04 Å². The highest BCUT2D eigenvalue weighted by Gasteiger charge is 2.30. The van der Waals surface area contributed by atoms with Gasteiger partial charge in [-0.2, -0.15) is 0 Å². The van der Waals surface area contributed by atoms with Crippen LogP contribution >= 0.6 is 0 Å². The van der Waals surface area contributed by atoms with Crippen LogP contribution in [0.15, 0.2) is 0 Å². The SMILES string of the molecule is CCCC(CC)N1CC(CC(C)C)NCC1CC. The maximum Gasteiger partial charge on any atom is 0.0221 e. The summed E-state index contributed by atoms with van der Waals surface area (Å²) in [6.07, 6.45) is 6.57. The molecule has 1 N–H and O–H groups in total. The van der Waals surface area contributed by atoms with Gasteiger partial charge in [0, 0.05) is 31.2 Å². The van der Waals surface area contributed by atoms with Gasteiger partial charge in [0.25, 0.3) is 0 Å². The van der Waals surface area contributed by atoms with E-state index in [9.17, 15) is 0 Å². The maximum absolute atomic E-state index is 3.76. The third-order valence-electron chi connectivity index (χ3n) is 4.33. The van der Waals surface area contributed by atoms with Gasteiger partial charge in [0.1, 0.15) is 0 Å². The Hall–Kier alpha value is -0.0800. The topological polar surface area (TPSA) is 15.3 Å². The number of hydrogen-bond acceptors (Lipinski definition) is 2. The van der Waals surface area contributed by atoms with Crippen LogP contribution < -0.4 is 5.32 Å². The van der Waals surface area contributed by atoms with E-state index in [1.807, 2.05) is 0 Å². The Morgan fingerprint density at radius 3 is 2.44 bits per heavy atom. The monoisotopic (exact) mass is 254 g/mol. The first-order chi connectivity index (χ1) is 8.62. The molecule has 0 aliphatic carbocycles. The highest BCUT2D eigenvalue weighted by Crippen LogP contribution is 2.21. The van der Waals surface area contributed by atoms with Crippen molar-refractivity contribution in [1.29, 1.82) is 0 Å². The van der Waals surface area contributed by atoms with Gasteiger partial charge in [0.2, 0.25) is 0 Å². The van der Waals surface area contributed by atoms with Gasteiger partial charge in [-0.3, -0.25) is 4.90 Å². The van der Waals surface area contributed by atoms with Crippen molar-refractivity contribution in [2.24, 2.45) is 5.92 Å². The molecule has 0 spiro atoms. The van der Waals surface area contributed by atoms with E-state index in [1.54, 1.807) is 0 Å². The number of hydrogen-bond donors (Lipinski definition) is 1. The lowest BCUT2D eigenvalue weighted by molar-refractivity contribution is 0.0665. The largest absolute Gasteiger partial charge is 0.311 e. The van der Waals surface area contributed by atoms with Crippen molar-refractivity contribution >= 4 is 0 Å². The van der Waals surface area contributed by atoms with Crippen LogP contribution in [0.5, 0.6) is 0 Å². The summed E-state index contributed by atoms with van der Waals surface area (Å²) < 4.78 is 0. The molecule has 1 heterocycles. The average molecular weight is 254 g/mol. The molecule has 2 heteroatoms. The van der Waals surface area contributed by atoms with Crippen LogP contribution in [0.4, 0.5) is 0 Å². The Kier molecular flexibility index (Phi) is 7.25. The molecule has 1 saturated heterocycles. The van der Waals surface area contributed by atoms with Crippen molar-refractivity contribution in [2.75, 3.05) is 13.1 Å². The van der Waals surface area contributed by atoms with Crippen molar-refractivity contribution in [3.63, 3.8) is 0 Å². The lowest BCUT2D eigenvalue weighted by Gasteiger charge is -2.45. The Morgan fingerprint density at radius 1 is 1.22 bits per heavy atom. The second kappa shape index (κ2) is 8.16. The minimum Gasteiger partial charge on any atom is -0.311 e. The van der Waals surface area contributed by atoms with E-state index in [1.165, 1.54) is 45.2 Å². The molecule has 0 aromatic carbocycles. The Balaban J connectivity index is 2.62. The Labute approximate surface area is 115 Å². The molecule has 108 valence electrons. The molecular formula is C16H34N2. The fourth-order valence-electron chi connectivity index (χ4n) is 3.38. The Bertz CT molecular complexity index is 215. The molecule has 0 bridgehead atoms. The van der Waals surface area contributed by atoms with E-state index < -0.39 is 0 Å². The third kappa shape index (κ3) is 4.55. The van der Waals surface area contributed by atoms with Crippen LogP contribution in [0.1, 0.15) is 66.7 Å². The summed E-state index contributed by atoms with van der Waals surface area (Å²) in [5.41, 5.74) is 0. The van der Waals surface area contributed by atoms with Crippen molar-refractivity contribution in [3.05, 3.63) is 0 Å². The van der Waals surface area contributed by atoms with E-state index in [0.717, 1.165) is 18.0 Å². The molecule has 1 aliphatic rings. The van der Waals surface area contributed by atoms with E-state index in [2.05, 4.69) is 44.8 Å². The highest BCUT2D eigenvalue weighted by molar-refractivity contribution is 4.89. The van der Waals surface area contributed by atoms with Gasteiger partial charge in [-0.15, -0.1) is 0 Å². The van der Waals surface area contributed by atoms with Crippen LogP contribution in [0.25, 0.3) is 0 Å². The third-order valence-corrected chi connectivity index (χ3v) is 4.33. The number of piperazine rings is 1. The van der Waals surface area contributed by atoms with Crippen LogP contribution in [0.2, 0.25) is 0 Å². The molecule has 0 aromatic heterocycles. The summed E-state index contributed by atoms with van der Waals surface area (Å²) in [6.45, 7) is 14.1. The minimum atomic E-state index is 0.707. The molecule has 2 nitrogen and oxygen atoms in total. The van der Waals surface area contributed by atoms with Gasteiger partial charge in [-0.05, 0) is 31.6 Å². The summed E-state index contributed by atoms with van der Waals surface area (Å²) in [5, 5.41) is 3.76. The molecular weight excluding hydrogens is 220 g/mol. The fourth-order valence-corrected chi connectivity index (χ4v) is 3.38. The minimum absolute atomic E-state index is 0.707. The summed E-state index contributed by atoms with van der Waals surface area (Å²) in [7, 11) is 0. The quantitative estimate of drug-likeness (QED) is 0.746. The van der Waals surface area contributed by atoms with Crippen molar-refractivity contribution < 1.29 is 0 Å². The van der Waals surface area contributed by atoms with Crippen molar-refractivity contribution in [3.8, 4) is 0 Å². The summed E-state index contributed by atoms with van der Waals surface area (Å²) >= 11 is 0. The summed E-state index contributed by atoms with van der Waals surface area (Å²) in [5.74, 6) is 0.800. The normalized spacial score (nSPS) is 27.7. The maximum atomic E-state index is 3.76. The number of rotatable bonds is 7. The molecule has 1 aliphatic heterocycles. The first kappa shape index (κ1) is 16.0. The zero-order valence-electron chi connectivity index (χ0n) is 13.2. The van der Waals surface area contributed by atoms with Crippen LogP contribution in [-0.4, -0.2) is 36.1 Å². The predicted molar refractivity (Wildman–Crippen MR) is 81.0 cm³/mol. The molecule has 1 fully saturated rings. The molecule has 0 saturated carbocycles. The molecule has 3 unspecified atom stereocenters. The average Bonchev–Trinajstić information content (AvgIpc) is 2.35. The van der Waals surface area contributed by atoms with E-state index in [4.69, 9.17) is 0 Å². The van der Waals surface area contributed by atoms with E-state index in [-0.39, 0.29) is 0 Å². The van der Waals surface area contributed by atoms with E-state index >= 15 is 0 Å². The van der Waals surface area contributed by atoms with Crippen LogP contribution in [0.3, 0.4) is 0 Å². The molecule has 3 atom stereocenters. The van der Waals surface area contributed by atoms with Gasteiger partial charge in [0.15, 0.2) is 0 Å². The van der Waals surface area contributed by atoms with Crippen molar-refractivity contribution in [1.82, 2.24) is 10.2 Å². The molecule has 1 rings (SSSR count). The summed E-state index contributed by atoms with van der Waals surface area (Å²) in [6, 6.07) is 2.26. The van der Waals surface area contributed by atoms with Gasteiger partial charge in [-0.1, -0.05) is 41.0 Å². The van der Waals surface area contributed by atoms with Gasteiger partial charge < -0.3 is 5.32 Å². The number of nitrogens with one attached hydrogen (secondary N) is 1. The highest BCUT2D eigenvalue weighted by atomic mass is 15.3.